The number of imide groups is 1. The van der Waals surface area contributed by atoms with Crippen LogP contribution in [-0.4, -0.2) is 141 Å². The van der Waals surface area contributed by atoms with Gasteiger partial charge in [0.1, 0.15) is 6.04 Å². The van der Waals surface area contributed by atoms with Crippen LogP contribution in [0.1, 0.15) is 129 Å². The summed E-state index contributed by atoms with van der Waals surface area (Å²) in [6, 6.07) is 27.9. The highest BCUT2D eigenvalue weighted by Gasteiger charge is 2.67. The van der Waals surface area contributed by atoms with Crippen LogP contribution in [0.5, 0.6) is 0 Å². The maximum atomic E-state index is 13.7. The van der Waals surface area contributed by atoms with Gasteiger partial charge < -0.3 is 24.9 Å². The molecule has 428 valence electrons. The second-order valence-corrected chi connectivity index (χ2v) is 28.2. The van der Waals surface area contributed by atoms with Gasteiger partial charge in [-0.25, -0.2) is 13.1 Å². The first-order valence-electron chi connectivity index (χ1n) is 29.5. The molecule has 4 aliphatic heterocycles. The Bertz CT molecular complexity index is 3220. The normalized spacial score (nSPS) is 24.3. The predicted molar refractivity (Wildman–Crippen MR) is 321 cm³/mol. The largest absolute Gasteiger partial charge is 0.381 e. The molecule has 4 heterocycles. The van der Waals surface area contributed by atoms with Gasteiger partial charge in [-0.15, -0.1) is 11.8 Å². The number of nitrogens with one attached hydrogen (secondary N) is 3. The molecular formula is C65H80N8O6S2. The van der Waals surface area contributed by atoms with Crippen molar-refractivity contribution in [1.29, 1.82) is 0 Å². The van der Waals surface area contributed by atoms with Crippen LogP contribution in [0.25, 0.3) is 0 Å². The predicted octanol–water partition coefficient (Wildman–Crippen LogP) is 9.11. The molecule has 4 aliphatic carbocycles. The molecule has 4 amide bonds. The fourth-order valence-corrected chi connectivity index (χ4v) is 16.1. The number of piperazine rings is 2. The number of sulfonamides is 1. The summed E-state index contributed by atoms with van der Waals surface area (Å²) in [5.41, 5.74) is 10.3. The van der Waals surface area contributed by atoms with Gasteiger partial charge in [0, 0.05) is 130 Å². The first-order valence-corrected chi connectivity index (χ1v) is 32.0. The van der Waals surface area contributed by atoms with Crippen molar-refractivity contribution in [2.45, 2.75) is 127 Å². The Labute approximate surface area is 484 Å². The van der Waals surface area contributed by atoms with Crippen LogP contribution in [-0.2, 0) is 26.2 Å². The first kappa shape index (κ1) is 56.9. The van der Waals surface area contributed by atoms with Crippen LogP contribution in [0.2, 0.25) is 0 Å². The van der Waals surface area contributed by atoms with Crippen molar-refractivity contribution < 1.29 is 27.6 Å². The zero-order valence-corrected chi connectivity index (χ0v) is 49.4. The van der Waals surface area contributed by atoms with Crippen molar-refractivity contribution in [3.63, 3.8) is 0 Å². The molecule has 3 saturated carbocycles. The standard InChI is InChI=1S/C65H80N8O6S2/c1-46-37-54(81(78,79)68-60(75)48-15-17-52(18-16-48)72-35-33-71(34-36-72)40-49-24-26-63(2,3)39-56(49)65-43-64(4,44-65)45-65)19-21-57(46)66-51(42-80-53-12-8-5-9-13-53)25-28-70-31-29-69(30-32-70)27-10-6-7-11-47-14-20-55-50(38-47)41-73(62(55)77)58-22-23-59(74)67-61(58)76/h5,8-9,12-21,37-38,51,58,66H,6,10,22-36,39-45H2,1-4H3,(H,68,75)(H,67,74,76)/t51-,58?,64?,65?/m1/s1. The maximum Gasteiger partial charge on any atom is 0.264 e. The third-order valence-electron chi connectivity index (χ3n) is 18.5. The van der Waals surface area contributed by atoms with Gasteiger partial charge >= 0.3 is 0 Å². The summed E-state index contributed by atoms with van der Waals surface area (Å²) in [7, 11) is -4.15. The molecule has 0 spiro atoms. The molecule has 6 fully saturated rings. The number of hydrogen-bond acceptors (Lipinski definition) is 12. The molecule has 14 nitrogen and oxygen atoms in total. The lowest BCUT2D eigenvalue weighted by Crippen LogP contribution is -2.61. The minimum Gasteiger partial charge on any atom is -0.381 e. The highest BCUT2D eigenvalue weighted by Crippen LogP contribution is 2.77. The summed E-state index contributed by atoms with van der Waals surface area (Å²) >= 11 is 1.81. The molecule has 0 aromatic heterocycles. The van der Waals surface area contributed by atoms with E-state index in [0.29, 0.717) is 40.3 Å². The van der Waals surface area contributed by atoms with E-state index in [-0.39, 0.29) is 29.2 Å². The van der Waals surface area contributed by atoms with Crippen LogP contribution in [0.3, 0.4) is 0 Å². The van der Waals surface area contributed by atoms with E-state index in [4.69, 9.17) is 0 Å². The molecule has 12 rings (SSSR count). The lowest BCUT2D eigenvalue weighted by molar-refractivity contribution is -0.167. The second kappa shape index (κ2) is 23.7. The van der Waals surface area contributed by atoms with Crippen molar-refractivity contribution in [1.82, 2.24) is 29.6 Å². The Morgan fingerprint density at radius 2 is 1.54 bits per heavy atom. The Balaban J connectivity index is 0.626. The van der Waals surface area contributed by atoms with Crippen molar-refractivity contribution in [2.24, 2.45) is 16.2 Å². The van der Waals surface area contributed by atoms with Gasteiger partial charge in [-0.1, -0.05) is 62.0 Å². The number of piperidine rings is 1. The van der Waals surface area contributed by atoms with Crippen molar-refractivity contribution >= 4 is 56.8 Å². The maximum absolute atomic E-state index is 13.7. The second-order valence-electron chi connectivity index (χ2n) is 25.4. The fraction of sp³-hybridized carbons (Fsp3) is 0.508. The molecule has 81 heavy (non-hydrogen) atoms. The Kier molecular flexibility index (Phi) is 16.7. The SMILES string of the molecule is Cc1cc(S(=O)(=O)NC(=O)c2ccc(N3CCN(CC4=C(C56CC(C)(C5)C6)CC(C)(C)CC4)CC3)cc2)ccc1N[C@H](CCN1CCN(CCCC#Cc2ccc3c(c2)CN(C2CCC(=O)NC2=O)C3=O)CC1)CSc1ccccc1. The molecule has 4 aromatic rings. The summed E-state index contributed by atoms with van der Waals surface area (Å²) < 4.78 is 29.8. The van der Waals surface area contributed by atoms with Crippen LogP contribution >= 0.6 is 11.8 Å². The summed E-state index contributed by atoms with van der Waals surface area (Å²) in [5, 5.41) is 6.12. The number of anilines is 2. The number of carbonyl (C=O) groups excluding carboxylic acids is 4. The highest BCUT2D eigenvalue weighted by atomic mass is 32.2. The van der Waals surface area contributed by atoms with Crippen LogP contribution in [0, 0.1) is 35.0 Å². The van der Waals surface area contributed by atoms with Gasteiger partial charge in [0.2, 0.25) is 11.8 Å². The number of benzene rings is 4. The van der Waals surface area contributed by atoms with Gasteiger partial charge in [-0.05, 0) is 171 Å². The smallest absolute Gasteiger partial charge is 0.264 e. The van der Waals surface area contributed by atoms with Crippen molar-refractivity contribution in [3.05, 3.63) is 130 Å². The lowest BCUT2D eigenvalue weighted by atomic mass is 9.33. The van der Waals surface area contributed by atoms with E-state index in [1.54, 1.807) is 52.6 Å². The number of unbranched alkanes of at least 4 members (excludes halogenated alkanes) is 1. The molecule has 4 aromatic carbocycles. The minimum atomic E-state index is -4.15. The topological polar surface area (TPSA) is 155 Å². The van der Waals surface area contributed by atoms with E-state index in [0.717, 1.165) is 125 Å². The number of allylic oxidation sites excluding steroid dienone is 1. The number of fused-ring (bicyclic) bond motifs is 1. The molecule has 3 N–H and O–H groups in total. The molecule has 3 saturated heterocycles. The fourth-order valence-electron chi connectivity index (χ4n) is 14.1. The quantitative estimate of drug-likeness (QED) is 0.0270. The molecule has 16 heteroatoms. The summed E-state index contributed by atoms with van der Waals surface area (Å²) in [6.07, 6.45) is 11.1. The Morgan fingerprint density at radius 3 is 2.25 bits per heavy atom. The molecule has 0 radical (unpaired) electrons. The molecule has 8 aliphatic rings. The average molecular weight is 1130 g/mol. The molecular weight excluding hydrogens is 1050 g/mol. The number of carbonyl (C=O) groups is 4. The number of nitrogens with zero attached hydrogens (tertiary/aromatic N) is 5. The number of thioether (sulfide) groups is 1. The van der Waals surface area contributed by atoms with E-state index < -0.39 is 27.9 Å². The number of rotatable bonds is 19. The third-order valence-corrected chi connectivity index (χ3v) is 21.0. The average Bonchev–Trinajstić information content (AvgIpc) is 1.44. The van der Waals surface area contributed by atoms with Crippen LogP contribution < -0.4 is 20.3 Å². The monoisotopic (exact) mass is 1130 g/mol. The Morgan fingerprint density at radius 1 is 0.827 bits per heavy atom. The zero-order chi connectivity index (χ0) is 56.5. The van der Waals surface area contributed by atoms with E-state index in [1.165, 1.54) is 43.4 Å². The first-order chi connectivity index (χ1) is 38.9. The Hall–Kier alpha value is -5.96. The van der Waals surface area contributed by atoms with Gasteiger partial charge in [-0.3, -0.25) is 29.4 Å². The van der Waals surface area contributed by atoms with Gasteiger partial charge in [0.25, 0.3) is 21.8 Å². The molecule has 1 unspecified atom stereocenters. The van der Waals surface area contributed by atoms with Crippen LogP contribution in [0.4, 0.5) is 11.4 Å². The molecule has 2 atom stereocenters. The number of aryl methyl sites for hydroxylation is 1. The molecule has 2 bridgehead atoms. The summed E-state index contributed by atoms with van der Waals surface area (Å²) in [6.45, 7) is 20.4. The van der Waals surface area contributed by atoms with E-state index in [1.807, 2.05) is 48.9 Å². The van der Waals surface area contributed by atoms with E-state index >= 15 is 0 Å². The van der Waals surface area contributed by atoms with Gasteiger partial charge in [0.05, 0.1) is 4.90 Å². The summed E-state index contributed by atoms with van der Waals surface area (Å²) in [5.74, 6) is 5.90. The summed E-state index contributed by atoms with van der Waals surface area (Å²) in [4.78, 5) is 63.5. The van der Waals surface area contributed by atoms with Crippen molar-refractivity contribution in [3.8, 4) is 11.8 Å². The van der Waals surface area contributed by atoms with Crippen molar-refractivity contribution in [2.75, 3.05) is 88.0 Å². The van der Waals surface area contributed by atoms with Crippen LogP contribution in [0.15, 0.2) is 112 Å². The number of hydrogen-bond donors (Lipinski definition) is 3. The highest BCUT2D eigenvalue weighted by molar-refractivity contribution is 7.99. The van der Waals surface area contributed by atoms with Gasteiger partial charge in [0.15, 0.2) is 0 Å². The minimum absolute atomic E-state index is 0.0475. The zero-order valence-electron chi connectivity index (χ0n) is 47.8. The number of amides is 4. The third kappa shape index (κ3) is 13.1. The lowest BCUT2D eigenvalue weighted by Gasteiger charge is -2.72. The van der Waals surface area contributed by atoms with E-state index in [2.05, 4.69) is 91.8 Å². The van der Waals surface area contributed by atoms with Gasteiger partial charge in [-0.2, -0.15) is 0 Å². The van der Waals surface area contributed by atoms with E-state index in [9.17, 15) is 27.6 Å².